The van der Waals surface area contributed by atoms with Crippen LogP contribution in [0.2, 0.25) is 0 Å². The van der Waals surface area contributed by atoms with Crippen LogP contribution in [-0.4, -0.2) is 13.4 Å². The smallest absolute Gasteiger partial charge is 0.169 e. The molecule has 104 valence electrons. The predicted octanol–water partition coefficient (Wildman–Crippen LogP) is 4.00. The van der Waals surface area contributed by atoms with E-state index in [-0.39, 0.29) is 5.56 Å². The molecular formula is C16H15FO3. The lowest BCUT2D eigenvalue weighted by Gasteiger charge is -2.12. The van der Waals surface area contributed by atoms with Crippen molar-refractivity contribution >= 4 is 6.29 Å². The Morgan fingerprint density at radius 1 is 1.10 bits per heavy atom. The minimum Gasteiger partial charge on any atom is -0.493 e. The van der Waals surface area contributed by atoms with Crippen LogP contribution in [0.15, 0.2) is 36.4 Å². The third-order valence-electron chi connectivity index (χ3n) is 2.96. The first-order chi connectivity index (χ1) is 9.67. The molecule has 0 heterocycles. The number of ether oxygens (including phenoxy) is 2. The summed E-state index contributed by atoms with van der Waals surface area (Å²) in [4.78, 5) is 10.9. The van der Waals surface area contributed by atoms with E-state index in [1.165, 1.54) is 12.1 Å². The van der Waals surface area contributed by atoms with Gasteiger partial charge < -0.3 is 9.47 Å². The van der Waals surface area contributed by atoms with Crippen molar-refractivity contribution in [1.82, 2.24) is 0 Å². The Bertz CT molecular complexity index is 623. The van der Waals surface area contributed by atoms with Gasteiger partial charge in [0.05, 0.1) is 12.7 Å². The van der Waals surface area contributed by atoms with Crippen LogP contribution in [0.1, 0.15) is 22.8 Å². The highest BCUT2D eigenvalue weighted by Gasteiger charge is 2.10. The van der Waals surface area contributed by atoms with E-state index >= 15 is 0 Å². The van der Waals surface area contributed by atoms with Gasteiger partial charge in [0.15, 0.2) is 17.8 Å². The second kappa shape index (κ2) is 6.19. The Hall–Kier alpha value is -2.36. The fourth-order valence-corrected chi connectivity index (χ4v) is 1.84. The molecule has 0 amide bonds. The maximum absolute atomic E-state index is 13.1. The van der Waals surface area contributed by atoms with Crippen molar-refractivity contribution in [2.75, 3.05) is 7.11 Å². The van der Waals surface area contributed by atoms with Gasteiger partial charge in [-0.3, -0.25) is 4.79 Å². The number of hydrogen-bond donors (Lipinski definition) is 0. The molecule has 0 atom stereocenters. The average Bonchev–Trinajstić information content (AvgIpc) is 2.49. The van der Waals surface area contributed by atoms with Gasteiger partial charge in [-0.05, 0) is 42.3 Å². The summed E-state index contributed by atoms with van der Waals surface area (Å²) in [6, 6.07) is 9.37. The molecule has 2 aromatic rings. The second-order valence-corrected chi connectivity index (χ2v) is 4.24. The first-order valence-electron chi connectivity index (χ1n) is 6.27. The molecule has 20 heavy (non-hydrogen) atoms. The Morgan fingerprint density at radius 3 is 2.50 bits per heavy atom. The molecule has 0 aliphatic carbocycles. The summed E-state index contributed by atoms with van der Waals surface area (Å²) in [5.41, 5.74) is 1.27. The number of rotatable bonds is 5. The van der Waals surface area contributed by atoms with E-state index in [4.69, 9.17) is 9.47 Å². The van der Waals surface area contributed by atoms with Crippen LogP contribution in [0.5, 0.6) is 17.2 Å². The third kappa shape index (κ3) is 2.96. The summed E-state index contributed by atoms with van der Waals surface area (Å²) in [7, 11) is 1.55. The number of halogens is 1. The average molecular weight is 274 g/mol. The first-order valence-corrected chi connectivity index (χ1v) is 6.27. The number of benzene rings is 2. The molecule has 0 N–H and O–H groups in total. The number of methoxy groups -OCH3 is 1. The zero-order valence-corrected chi connectivity index (χ0v) is 11.4. The van der Waals surface area contributed by atoms with Gasteiger partial charge in [-0.15, -0.1) is 0 Å². The molecule has 0 aromatic heterocycles. The molecule has 0 aliphatic heterocycles. The number of hydrogen-bond acceptors (Lipinski definition) is 3. The summed E-state index contributed by atoms with van der Waals surface area (Å²) in [5.74, 6) is 0.877. The monoisotopic (exact) mass is 274 g/mol. The molecule has 0 aliphatic rings. The van der Waals surface area contributed by atoms with E-state index in [0.717, 1.165) is 18.1 Å². The number of carbonyl (C=O) groups is 1. The highest BCUT2D eigenvalue weighted by Crippen LogP contribution is 2.33. The second-order valence-electron chi connectivity index (χ2n) is 4.24. The minimum atomic E-state index is -0.479. The summed E-state index contributed by atoms with van der Waals surface area (Å²) in [6.07, 6.45) is 1.44. The maximum atomic E-state index is 13.1. The summed E-state index contributed by atoms with van der Waals surface area (Å²) in [5, 5.41) is 0. The fourth-order valence-electron chi connectivity index (χ4n) is 1.84. The summed E-state index contributed by atoms with van der Waals surface area (Å²) >= 11 is 0. The largest absolute Gasteiger partial charge is 0.493 e. The number of aldehydes is 1. The van der Waals surface area contributed by atoms with Crippen molar-refractivity contribution in [3.05, 3.63) is 53.3 Å². The van der Waals surface area contributed by atoms with E-state index in [1.807, 2.05) is 19.1 Å². The Labute approximate surface area is 117 Å². The van der Waals surface area contributed by atoms with E-state index < -0.39 is 5.82 Å². The molecule has 0 saturated heterocycles. The van der Waals surface area contributed by atoms with Gasteiger partial charge in [-0.2, -0.15) is 0 Å². The lowest BCUT2D eigenvalue weighted by molar-refractivity contribution is 0.112. The van der Waals surface area contributed by atoms with Crippen LogP contribution in [0.3, 0.4) is 0 Å². The molecule has 0 fully saturated rings. The highest BCUT2D eigenvalue weighted by molar-refractivity contribution is 5.79. The van der Waals surface area contributed by atoms with Crippen molar-refractivity contribution in [1.29, 1.82) is 0 Å². The quantitative estimate of drug-likeness (QED) is 0.773. The van der Waals surface area contributed by atoms with Gasteiger partial charge in [0.2, 0.25) is 0 Å². The SMILES string of the molecule is CCc1ccc(Oc2ccc(F)cc2C=O)c(OC)c1. The molecule has 2 rings (SSSR count). The van der Waals surface area contributed by atoms with Crippen molar-refractivity contribution in [3.8, 4) is 17.2 Å². The first kappa shape index (κ1) is 14.1. The van der Waals surface area contributed by atoms with Crippen molar-refractivity contribution in [2.24, 2.45) is 0 Å². The van der Waals surface area contributed by atoms with Gasteiger partial charge in [-0.1, -0.05) is 13.0 Å². The molecule has 2 aromatic carbocycles. The van der Waals surface area contributed by atoms with E-state index in [9.17, 15) is 9.18 Å². The van der Waals surface area contributed by atoms with Gasteiger partial charge in [0, 0.05) is 0 Å². The standard InChI is InChI=1S/C16H15FO3/c1-3-11-4-6-15(16(8-11)19-2)20-14-7-5-13(17)9-12(14)10-18/h4-10H,3H2,1-2H3. The van der Waals surface area contributed by atoms with Gasteiger partial charge in [0.25, 0.3) is 0 Å². The third-order valence-corrected chi connectivity index (χ3v) is 2.96. The molecule has 0 unspecified atom stereocenters. The normalized spacial score (nSPS) is 10.2. The predicted molar refractivity (Wildman–Crippen MR) is 74.2 cm³/mol. The van der Waals surface area contributed by atoms with Gasteiger partial charge in [-0.25, -0.2) is 4.39 Å². The van der Waals surface area contributed by atoms with Gasteiger partial charge >= 0.3 is 0 Å². The molecule has 4 heteroatoms. The number of aryl methyl sites for hydroxylation is 1. The number of carbonyl (C=O) groups excluding carboxylic acids is 1. The minimum absolute atomic E-state index is 0.159. The van der Waals surface area contributed by atoms with E-state index in [2.05, 4.69) is 0 Å². The zero-order valence-electron chi connectivity index (χ0n) is 11.4. The van der Waals surface area contributed by atoms with Crippen LogP contribution in [0.4, 0.5) is 4.39 Å². The zero-order chi connectivity index (χ0) is 14.5. The highest BCUT2D eigenvalue weighted by atomic mass is 19.1. The van der Waals surface area contributed by atoms with Crippen LogP contribution < -0.4 is 9.47 Å². The van der Waals surface area contributed by atoms with Crippen LogP contribution in [0.25, 0.3) is 0 Å². The molecular weight excluding hydrogens is 259 g/mol. The summed E-state index contributed by atoms with van der Waals surface area (Å²) < 4.78 is 24.0. The summed E-state index contributed by atoms with van der Waals surface area (Å²) in [6.45, 7) is 2.04. The van der Waals surface area contributed by atoms with Crippen molar-refractivity contribution in [2.45, 2.75) is 13.3 Å². The molecule has 0 radical (unpaired) electrons. The van der Waals surface area contributed by atoms with Crippen molar-refractivity contribution in [3.63, 3.8) is 0 Å². The maximum Gasteiger partial charge on any atom is 0.169 e. The molecule has 0 bridgehead atoms. The van der Waals surface area contributed by atoms with Crippen LogP contribution >= 0.6 is 0 Å². The van der Waals surface area contributed by atoms with Crippen LogP contribution in [-0.2, 0) is 6.42 Å². The molecule has 3 nitrogen and oxygen atoms in total. The fraction of sp³-hybridized carbons (Fsp3) is 0.188. The molecule has 0 saturated carbocycles. The van der Waals surface area contributed by atoms with E-state index in [1.54, 1.807) is 13.2 Å². The van der Waals surface area contributed by atoms with Gasteiger partial charge in [0.1, 0.15) is 11.6 Å². The lowest BCUT2D eigenvalue weighted by Crippen LogP contribution is -1.95. The van der Waals surface area contributed by atoms with Crippen LogP contribution in [0, 0.1) is 5.82 Å². The van der Waals surface area contributed by atoms with Crippen molar-refractivity contribution < 1.29 is 18.7 Å². The Kier molecular flexibility index (Phi) is 4.35. The Balaban J connectivity index is 2.37. The van der Waals surface area contributed by atoms with E-state index in [0.29, 0.717) is 23.5 Å². The molecule has 0 spiro atoms. The Morgan fingerprint density at radius 2 is 1.85 bits per heavy atom. The lowest BCUT2D eigenvalue weighted by atomic mass is 10.1. The topological polar surface area (TPSA) is 35.5 Å².